The molecule has 2 N–H and O–H groups in total. The van der Waals surface area contributed by atoms with Crippen LogP contribution in [0.25, 0.3) is 0 Å². The van der Waals surface area contributed by atoms with E-state index in [1.807, 2.05) is 19.2 Å². The summed E-state index contributed by atoms with van der Waals surface area (Å²) in [5.41, 5.74) is 0. The zero-order valence-corrected chi connectivity index (χ0v) is 11.4. The molecule has 0 radical (unpaired) electrons. The fraction of sp³-hybridized carbons (Fsp3) is 0.583. The summed E-state index contributed by atoms with van der Waals surface area (Å²) in [5.74, 6) is -0.731. The van der Waals surface area contributed by atoms with E-state index in [1.54, 1.807) is 10.9 Å². The molecule has 0 bridgehead atoms. The van der Waals surface area contributed by atoms with Crippen molar-refractivity contribution in [2.24, 2.45) is 0 Å². The molecule has 1 aromatic rings. The monoisotopic (exact) mass is 268 g/mol. The molecular weight excluding hydrogens is 248 g/mol. The fourth-order valence-electron chi connectivity index (χ4n) is 1.65. The van der Waals surface area contributed by atoms with Gasteiger partial charge in [-0.1, -0.05) is 0 Å². The highest BCUT2D eigenvalue weighted by molar-refractivity contribution is 5.83. The van der Waals surface area contributed by atoms with Gasteiger partial charge in [0.15, 0.2) is 0 Å². The van der Waals surface area contributed by atoms with Gasteiger partial charge in [-0.05, 0) is 13.0 Å². The SMILES string of the molecule is COC(=O)C(CNC(C)Cn1cccn1)NC(C)=O. The van der Waals surface area contributed by atoms with Crippen LogP contribution < -0.4 is 10.6 Å². The maximum atomic E-state index is 11.5. The number of hydrogen-bond donors (Lipinski definition) is 2. The lowest BCUT2D eigenvalue weighted by atomic mass is 10.2. The minimum Gasteiger partial charge on any atom is -0.467 e. The van der Waals surface area contributed by atoms with Crippen molar-refractivity contribution in [2.45, 2.75) is 32.5 Å². The van der Waals surface area contributed by atoms with Gasteiger partial charge in [0.05, 0.1) is 13.7 Å². The maximum Gasteiger partial charge on any atom is 0.329 e. The van der Waals surface area contributed by atoms with Crippen molar-refractivity contribution < 1.29 is 14.3 Å². The van der Waals surface area contributed by atoms with Gasteiger partial charge in [-0.15, -0.1) is 0 Å². The summed E-state index contributed by atoms with van der Waals surface area (Å²) in [4.78, 5) is 22.5. The summed E-state index contributed by atoms with van der Waals surface area (Å²) in [6.07, 6.45) is 3.57. The quantitative estimate of drug-likeness (QED) is 0.654. The fourth-order valence-corrected chi connectivity index (χ4v) is 1.65. The van der Waals surface area contributed by atoms with Crippen molar-refractivity contribution in [3.8, 4) is 0 Å². The summed E-state index contributed by atoms with van der Waals surface area (Å²) in [7, 11) is 1.30. The Morgan fingerprint density at radius 2 is 2.21 bits per heavy atom. The van der Waals surface area contributed by atoms with Gasteiger partial charge in [0.2, 0.25) is 5.91 Å². The molecule has 1 heterocycles. The zero-order valence-electron chi connectivity index (χ0n) is 11.4. The predicted molar refractivity (Wildman–Crippen MR) is 69.3 cm³/mol. The summed E-state index contributed by atoms with van der Waals surface area (Å²) < 4.78 is 6.44. The third-order valence-corrected chi connectivity index (χ3v) is 2.55. The average Bonchev–Trinajstić information content (AvgIpc) is 2.85. The van der Waals surface area contributed by atoms with Gasteiger partial charge in [0.1, 0.15) is 6.04 Å². The maximum absolute atomic E-state index is 11.5. The summed E-state index contributed by atoms with van der Waals surface area (Å²) >= 11 is 0. The van der Waals surface area contributed by atoms with Crippen LogP contribution in [0, 0.1) is 0 Å². The molecule has 106 valence electrons. The largest absolute Gasteiger partial charge is 0.467 e. The molecule has 0 aliphatic rings. The Morgan fingerprint density at radius 1 is 1.47 bits per heavy atom. The van der Waals surface area contributed by atoms with Crippen LogP contribution in [0.5, 0.6) is 0 Å². The highest BCUT2D eigenvalue weighted by Crippen LogP contribution is 1.93. The van der Waals surface area contributed by atoms with Crippen LogP contribution in [0.15, 0.2) is 18.5 Å². The van der Waals surface area contributed by atoms with E-state index in [-0.39, 0.29) is 11.9 Å². The number of carbonyl (C=O) groups is 2. The van der Waals surface area contributed by atoms with Crippen molar-refractivity contribution in [3.05, 3.63) is 18.5 Å². The second-order valence-corrected chi connectivity index (χ2v) is 4.31. The Balaban J connectivity index is 2.41. The Hall–Kier alpha value is -1.89. The molecule has 1 amide bonds. The van der Waals surface area contributed by atoms with Gasteiger partial charge in [-0.2, -0.15) is 5.10 Å². The third-order valence-electron chi connectivity index (χ3n) is 2.55. The lowest BCUT2D eigenvalue weighted by molar-refractivity contribution is -0.144. The normalized spacial score (nSPS) is 13.6. The standard InChI is InChI=1S/C12H20N4O3/c1-9(8-16-6-4-5-14-16)13-7-11(12(18)19-3)15-10(2)17/h4-6,9,11,13H,7-8H2,1-3H3,(H,15,17). The molecule has 1 aromatic heterocycles. The minimum absolute atomic E-state index is 0.112. The van der Waals surface area contributed by atoms with Gasteiger partial charge >= 0.3 is 5.97 Å². The molecule has 0 aliphatic heterocycles. The van der Waals surface area contributed by atoms with Crippen LogP contribution in [0.3, 0.4) is 0 Å². The summed E-state index contributed by atoms with van der Waals surface area (Å²) in [5, 5.41) is 9.81. The number of carbonyl (C=O) groups excluding carboxylic acids is 2. The molecule has 2 unspecified atom stereocenters. The molecule has 19 heavy (non-hydrogen) atoms. The number of rotatable bonds is 7. The third kappa shape index (κ3) is 5.52. The second kappa shape index (κ2) is 7.52. The van der Waals surface area contributed by atoms with E-state index in [1.165, 1.54) is 14.0 Å². The van der Waals surface area contributed by atoms with Crippen molar-refractivity contribution in [2.75, 3.05) is 13.7 Å². The molecule has 7 heteroatoms. The van der Waals surface area contributed by atoms with E-state index in [2.05, 4.69) is 20.5 Å². The first-order valence-corrected chi connectivity index (χ1v) is 6.08. The van der Waals surface area contributed by atoms with E-state index in [9.17, 15) is 9.59 Å². The van der Waals surface area contributed by atoms with Crippen LogP contribution in [0.1, 0.15) is 13.8 Å². The number of aromatic nitrogens is 2. The number of nitrogens with one attached hydrogen (secondary N) is 2. The first kappa shape index (κ1) is 15.2. The Kier molecular flexibility index (Phi) is 6.01. The van der Waals surface area contributed by atoms with Gasteiger partial charge in [-0.25, -0.2) is 4.79 Å². The highest BCUT2D eigenvalue weighted by atomic mass is 16.5. The number of amides is 1. The van der Waals surface area contributed by atoms with Crippen molar-refractivity contribution in [3.63, 3.8) is 0 Å². The number of methoxy groups -OCH3 is 1. The molecule has 0 saturated carbocycles. The van der Waals surface area contributed by atoms with Crippen LogP contribution in [-0.2, 0) is 20.9 Å². The first-order valence-electron chi connectivity index (χ1n) is 6.08. The molecule has 0 aromatic carbocycles. The Bertz CT molecular complexity index is 405. The molecule has 0 fully saturated rings. The molecule has 0 spiro atoms. The van der Waals surface area contributed by atoms with Crippen molar-refractivity contribution >= 4 is 11.9 Å². The molecule has 2 atom stereocenters. The molecule has 0 saturated heterocycles. The average molecular weight is 268 g/mol. The van der Waals surface area contributed by atoms with E-state index in [0.717, 1.165) is 0 Å². The van der Waals surface area contributed by atoms with Gasteiger partial charge in [0, 0.05) is 31.9 Å². The van der Waals surface area contributed by atoms with Gasteiger partial charge in [0.25, 0.3) is 0 Å². The van der Waals surface area contributed by atoms with Crippen LogP contribution >= 0.6 is 0 Å². The van der Waals surface area contributed by atoms with E-state index < -0.39 is 12.0 Å². The highest BCUT2D eigenvalue weighted by Gasteiger charge is 2.20. The number of nitrogens with zero attached hydrogens (tertiary/aromatic N) is 2. The van der Waals surface area contributed by atoms with Crippen LogP contribution in [0.2, 0.25) is 0 Å². The molecule has 7 nitrogen and oxygen atoms in total. The molecular formula is C12H20N4O3. The van der Waals surface area contributed by atoms with Crippen molar-refractivity contribution in [1.82, 2.24) is 20.4 Å². The van der Waals surface area contributed by atoms with Crippen molar-refractivity contribution in [1.29, 1.82) is 0 Å². The lowest BCUT2D eigenvalue weighted by Gasteiger charge is -2.19. The topological polar surface area (TPSA) is 85.2 Å². The first-order chi connectivity index (χ1) is 9.02. The van der Waals surface area contributed by atoms with Gasteiger partial charge < -0.3 is 15.4 Å². The van der Waals surface area contributed by atoms with E-state index >= 15 is 0 Å². The van der Waals surface area contributed by atoms with E-state index in [0.29, 0.717) is 13.1 Å². The zero-order chi connectivity index (χ0) is 14.3. The van der Waals surface area contributed by atoms with E-state index in [4.69, 9.17) is 0 Å². The summed E-state index contributed by atoms with van der Waals surface area (Å²) in [6.45, 7) is 4.34. The number of esters is 1. The lowest BCUT2D eigenvalue weighted by Crippen LogP contribution is -2.49. The predicted octanol–water partition coefficient (Wildman–Crippen LogP) is -0.461. The number of hydrogen-bond acceptors (Lipinski definition) is 5. The Labute approximate surface area is 112 Å². The summed E-state index contributed by atoms with van der Waals surface area (Å²) in [6, 6.07) is 1.28. The second-order valence-electron chi connectivity index (χ2n) is 4.31. The van der Waals surface area contributed by atoms with Crippen LogP contribution in [-0.4, -0.2) is 47.4 Å². The van der Waals surface area contributed by atoms with Crippen LogP contribution in [0.4, 0.5) is 0 Å². The number of ether oxygens (including phenoxy) is 1. The smallest absolute Gasteiger partial charge is 0.329 e. The van der Waals surface area contributed by atoms with Gasteiger partial charge in [-0.3, -0.25) is 9.48 Å². The molecule has 1 rings (SSSR count). The molecule has 0 aliphatic carbocycles. The Morgan fingerprint density at radius 3 is 2.74 bits per heavy atom. The minimum atomic E-state index is -0.678.